The minimum atomic E-state index is 0.544. The predicted octanol–water partition coefficient (Wildman–Crippen LogP) is 2.23. The Morgan fingerprint density at radius 1 is 1.39 bits per heavy atom. The zero-order valence-corrected chi connectivity index (χ0v) is 10.5. The van der Waals surface area contributed by atoms with Gasteiger partial charge in [0, 0.05) is 43.5 Å². The van der Waals surface area contributed by atoms with E-state index in [2.05, 4.69) is 14.5 Å². The van der Waals surface area contributed by atoms with Crippen LogP contribution in [0.15, 0.2) is 30.7 Å². The van der Waals surface area contributed by atoms with Gasteiger partial charge in [-0.3, -0.25) is 0 Å². The van der Waals surface area contributed by atoms with E-state index in [4.69, 9.17) is 4.74 Å². The third kappa shape index (κ3) is 2.37. The van der Waals surface area contributed by atoms with Gasteiger partial charge in [-0.1, -0.05) is 6.07 Å². The lowest BCUT2D eigenvalue weighted by Crippen LogP contribution is -2.24. The molecule has 0 radical (unpaired) electrons. The monoisotopic (exact) mass is 243 g/mol. The zero-order chi connectivity index (χ0) is 12.4. The third-order valence-corrected chi connectivity index (χ3v) is 3.40. The number of pyridine rings is 1. The summed E-state index contributed by atoms with van der Waals surface area (Å²) in [4.78, 5) is 8.62. The molecule has 0 aromatic carbocycles. The normalized spacial score (nSPS) is 18.4. The maximum atomic E-state index is 5.74. The number of nitrogens with zero attached hydrogens (tertiary/aromatic N) is 3. The van der Waals surface area contributed by atoms with Gasteiger partial charge in [0.05, 0.1) is 6.61 Å². The van der Waals surface area contributed by atoms with Crippen molar-refractivity contribution in [1.29, 1.82) is 0 Å². The molecule has 0 amide bonds. The van der Waals surface area contributed by atoms with E-state index in [0.717, 1.165) is 37.4 Å². The number of hydrogen-bond donors (Lipinski definition) is 0. The van der Waals surface area contributed by atoms with Gasteiger partial charge in [-0.05, 0) is 18.9 Å². The first-order chi connectivity index (χ1) is 8.81. The third-order valence-electron chi connectivity index (χ3n) is 3.40. The predicted molar refractivity (Wildman–Crippen MR) is 68.5 cm³/mol. The van der Waals surface area contributed by atoms with Crippen molar-refractivity contribution in [3.63, 3.8) is 0 Å². The number of aromatic nitrogens is 3. The molecule has 94 valence electrons. The van der Waals surface area contributed by atoms with Crippen molar-refractivity contribution in [1.82, 2.24) is 14.5 Å². The molecule has 0 aliphatic carbocycles. The Hall–Kier alpha value is -1.84. The molecule has 2 aromatic rings. The zero-order valence-electron chi connectivity index (χ0n) is 10.5. The number of aryl methyl sites for hydroxylation is 2. The maximum Gasteiger partial charge on any atom is 0.213 e. The van der Waals surface area contributed by atoms with Gasteiger partial charge in [0.2, 0.25) is 5.88 Å². The van der Waals surface area contributed by atoms with E-state index in [1.54, 1.807) is 0 Å². The quantitative estimate of drug-likeness (QED) is 0.830. The Bertz CT molecular complexity index is 518. The summed E-state index contributed by atoms with van der Waals surface area (Å²) in [7, 11) is 0. The number of rotatable bonds is 3. The summed E-state index contributed by atoms with van der Waals surface area (Å²) in [5, 5.41) is 0. The molecule has 0 unspecified atom stereocenters. The molecular weight excluding hydrogens is 226 g/mol. The van der Waals surface area contributed by atoms with E-state index in [1.807, 2.05) is 37.6 Å². The van der Waals surface area contributed by atoms with Crippen LogP contribution in [0.5, 0.6) is 5.88 Å². The molecule has 1 aliphatic heterocycles. The highest BCUT2D eigenvalue weighted by Crippen LogP contribution is 2.20. The molecule has 4 heteroatoms. The van der Waals surface area contributed by atoms with Gasteiger partial charge >= 0.3 is 0 Å². The Kier molecular flexibility index (Phi) is 3.00. The summed E-state index contributed by atoms with van der Waals surface area (Å²) >= 11 is 0. The number of imidazole rings is 1. The van der Waals surface area contributed by atoms with Gasteiger partial charge in [0.15, 0.2) is 0 Å². The van der Waals surface area contributed by atoms with Crippen LogP contribution in [-0.4, -0.2) is 21.1 Å². The van der Waals surface area contributed by atoms with Crippen LogP contribution in [0.1, 0.15) is 17.8 Å². The highest BCUT2D eigenvalue weighted by atomic mass is 16.5. The SMILES string of the molecule is Cc1ccc(OC[C@H]2CCn3ccnc3C2)nc1. The van der Waals surface area contributed by atoms with E-state index < -0.39 is 0 Å². The lowest BCUT2D eigenvalue weighted by Gasteiger charge is -2.23. The van der Waals surface area contributed by atoms with Gasteiger partial charge in [0.1, 0.15) is 5.82 Å². The second-order valence-electron chi connectivity index (χ2n) is 4.88. The van der Waals surface area contributed by atoms with Gasteiger partial charge in [0.25, 0.3) is 0 Å². The van der Waals surface area contributed by atoms with Crippen molar-refractivity contribution < 1.29 is 4.74 Å². The fraction of sp³-hybridized carbons (Fsp3) is 0.429. The molecule has 0 saturated carbocycles. The summed E-state index contributed by atoms with van der Waals surface area (Å²) in [6, 6.07) is 3.95. The molecule has 3 heterocycles. The Balaban J connectivity index is 1.57. The van der Waals surface area contributed by atoms with E-state index in [0.29, 0.717) is 5.92 Å². The van der Waals surface area contributed by atoms with Gasteiger partial charge < -0.3 is 9.30 Å². The van der Waals surface area contributed by atoms with Crippen LogP contribution in [0.25, 0.3) is 0 Å². The summed E-state index contributed by atoms with van der Waals surface area (Å²) in [6.07, 6.45) is 7.91. The van der Waals surface area contributed by atoms with Crippen molar-refractivity contribution in [3.05, 3.63) is 42.1 Å². The molecule has 3 rings (SSSR count). The van der Waals surface area contributed by atoms with Crippen molar-refractivity contribution in [2.75, 3.05) is 6.61 Å². The highest BCUT2D eigenvalue weighted by molar-refractivity contribution is 5.16. The van der Waals surface area contributed by atoms with E-state index in [1.165, 1.54) is 5.82 Å². The lowest BCUT2D eigenvalue weighted by molar-refractivity contribution is 0.212. The van der Waals surface area contributed by atoms with Crippen LogP contribution in [0.2, 0.25) is 0 Å². The van der Waals surface area contributed by atoms with Crippen LogP contribution < -0.4 is 4.74 Å². The number of fused-ring (bicyclic) bond motifs is 1. The average Bonchev–Trinajstić information content (AvgIpc) is 2.85. The first-order valence-corrected chi connectivity index (χ1v) is 6.37. The minimum Gasteiger partial charge on any atom is -0.477 e. The topological polar surface area (TPSA) is 39.9 Å². The molecule has 18 heavy (non-hydrogen) atoms. The lowest BCUT2D eigenvalue weighted by atomic mass is 9.99. The second kappa shape index (κ2) is 4.80. The van der Waals surface area contributed by atoms with Crippen LogP contribution >= 0.6 is 0 Å². The van der Waals surface area contributed by atoms with Gasteiger partial charge in [-0.25, -0.2) is 9.97 Å². The van der Waals surface area contributed by atoms with Crippen LogP contribution in [0.3, 0.4) is 0 Å². The standard InChI is InChI=1S/C14H17N3O/c1-11-2-3-14(16-9-11)18-10-12-4-6-17-7-5-15-13(17)8-12/h2-3,5,7,9,12H,4,6,8,10H2,1H3/t12-/m0/s1. The number of hydrogen-bond acceptors (Lipinski definition) is 3. The second-order valence-corrected chi connectivity index (χ2v) is 4.88. The summed E-state index contributed by atoms with van der Waals surface area (Å²) in [5.74, 6) is 2.43. The molecule has 0 bridgehead atoms. The van der Waals surface area contributed by atoms with Crippen LogP contribution in [0.4, 0.5) is 0 Å². The summed E-state index contributed by atoms with van der Waals surface area (Å²) in [5.41, 5.74) is 1.15. The van der Waals surface area contributed by atoms with Crippen molar-refractivity contribution in [2.45, 2.75) is 26.3 Å². The molecular formula is C14H17N3O. The van der Waals surface area contributed by atoms with Gasteiger partial charge in [-0.2, -0.15) is 0 Å². The van der Waals surface area contributed by atoms with E-state index in [9.17, 15) is 0 Å². The first-order valence-electron chi connectivity index (χ1n) is 6.37. The number of ether oxygens (including phenoxy) is 1. The van der Waals surface area contributed by atoms with E-state index >= 15 is 0 Å². The molecule has 4 nitrogen and oxygen atoms in total. The van der Waals surface area contributed by atoms with Crippen molar-refractivity contribution >= 4 is 0 Å². The van der Waals surface area contributed by atoms with Crippen LogP contribution in [0, 0.1) is 12.8 Å². The minimum absolute atomic E-state index is 0.544. The fourth-order valence-electron chi connectivity index (χ4n) is 2.30. The van der Waals surface area contributed by atoms with E-state index in [-0.39, 0.29) is 0 Å². The van der Waals surface area contributed by atoms with Crippen molar-refractivity contribution in [3.8, 4) is 5.88 Å². The maximum absolute atomic E-state index is 5.74. The highest BCUT2D eigenvalue weighted by Gasteiger charge is 2.19. The molecule has 0 saturated heterocycles. The van der Waals surface area contributed by atoms with Crippen molar-refractivity contribution in [2.24, 2.45) is 5.92 Å². The van der Waals surface area contributed by atoms with Gasteiger partial charge in [-0.15, -0.1) is 0 Å². The molecule has 2 aromatic heterocycles. The smallest absolute Gasteiger partial charge is 0.213 e. The largest absolute Gasteiger partial charge is 0.477 e. The Morgan fingerprint density at radius 2 is 2.33 bits per heavy atom. The molecule has 0 fully saturated rings. The summed E-state index contributed by atoms with van der Waals surface area (Å²) in [6.45, 7) is 3.80. The molecule has 0 N–H and O–H groups in total. The summed E-state index contributed by atoms with van der Waals surface area (Å²) < 4.78 is 7.97. The first kappa shape index (κ1) is 11.3. The molecule has 1 aliphatic rings. The Morgan fingerprint density at radius 3 is 3.17 bits per heavy atom. The Labute approximate surface area is 107 Å². The fourth-order valence-corrected chi connectivity index (χ4v) is 2.30. The molecule has 1 atom stereocenters. The average molecular weight is 243 g/mol. The van der Waals surface area contributed by atoms with Crippen LogP contribution in [-0.2, 0) is 13.0 Å². The molecule has 0 spiro atoms.